The van der Waals surface area contributed by atoms with Crippen molar-refractivity contribution in [2.75, 3.05) is 20.8 Å². The second-order valence-electron chi connectivity index (χ2n) is 5.35. The predicted molar refractivity (Wildman–Crippen MR) is 121 cm³/mol. The van der Waals surface area contributed by atoms with Crippen molar-refractivity contribution in [1.29, 1.82) is 0 Å². The van der Waals surface area contributed by atoms with Crippen LogP contribution in [0.3, 0.4) is 0 Å². The molecule has 0 aliphatic rings. The quantitative estimate of drug-likeness (QED) is 0.263. The monoisotopic (exact) mass is 499 g/mol. The van der Waals surface area contributed by atoms with E-state index in [-0.39, 0.29) is 30.6 Å². The van der Waals surface area contributed by atoms with E-state index in [9.17, 15) is 0 Å². The van der Waals surface area contributed by atoms with E-state index in [1.807, 2.05) is 42.5 Å². The molecule has 0 aliphatic heterocycles. The van der Waals surface area contributed by atoms with Gasteiger partial charge >= 0.3 is 0 Å². The van der Waals surface area contributed by atoms with Gasteiger partial charge in [-0.1, -0.05) is 41.8 Å². The highest BCUT2D eigenvalue weighted by Crippen LogP contribution is 2.27. The van der Waals surface area contributed by atoms with Gasteiger partial charge in [0, 0.05) is 25.2 Å². The van der Waals surface area contributed by atoms with Crippen LogP contribution in [0.2, 0.25) is 5.02 Å². The van der Waals surface area contributed by atoms with E-state index >= 15 is 0 Å². The fourth-order valence-electron chi connectivity index (χ4n) is 2.29. The van der Waals surface area contributed by atoms with E-state index < -0.39 is 0 Å². The first-order chi connectivity index (χ1) is 12.7. The SMILES string of the molecule is C#CCOc1cc(CNC(=NC)NCc2ccccc2Cl)ccc1OC.I. The molecule has 0 aliphatic carbocycles. The van der Waals surface area contributed by atoms with Crippen molar-refractivity contribution in [1.82, 2.24) is 10.6 Å². The molecule has 0 unspecified atom stereocenters. The molecule has 0 amide bonds. The molecule has 0 bridgehead atoms. The highest BCUT2D eigenvalue weighted by atomic mass is 127. The molecule has 0 saturated heterocycles. The van der Waals surface area contributed by atoms with E-state index in [4.69, 9.17) is 27.5 Å². The Morgan fingerprint density at radius 3 is 2.56 bits per heavy atom. The third-order valence-corrected chi connectivity index (χ3v) is 4.00. The van der Waals surface area contributed by atoms with E-state index in [0.29, 0.717) is 30.5 Å². The molecule has 0 atom stereocenters. The Morgan fingerprint density at radius 2 is 1.89 bits per heavy atom. The van der Waals surface area contributed by atoms with Crippen molar-refractivity contribution in [2.24, 2.45) is 4.99 Å². The van der Waals surface area contributed by atoms with E-state index in [1.54, 1.807) is 14.2 Å². The summed E-state index contributed by atoms with van der Waals surface area (Å²) in [4.78, 5) is 4.22. The van der Waals surface area contributed by atoms with Crippen LogP contribution in [0, 0.1) is 12.3 Å². The number of halogens is 2. The Balaban J connectivity index is 0.00000364. The first-order valence-corrected chi connectivity index (χ1v) is 8.46. The summed E-state index contributed by atoms with van der Waals surface area (Å²) in [6.45, 7) is 1.34. The maximum atomic E-state index is 6.17. The molecule has 0 spiro atoms. The summed E-state index contributed by atoms with van der Waals surface area (Å²) in [5.41, 5.74) is 2.02. The number of aliphatic imine (C=N–C) groups is 1. The average molecular weight is 500 g/mol. The lowest BCUT2D eigenvalue weighted by atomic mass is 10.2. The van der Waals surface area contributed by atoms with Crippen molar-refractivity contribution >= 4 is 41.5 Å². The predicted octanol–water partition coefficient (Wildman–Crippen LogP) is 3.84. The third kappa shape index (κ3) is 7.19. The number of methoxy groups -OCH3 is 1. The zero-order chi connectivity index (χ0) is 18.8. The number of benzene rings is 2. The number of nitrogens with zero attached hydrogens (tertiary/aromatic N) is 1. The molecule has 27 heavy (non-hydrogen) atoms. The zero-order valence-electron chi connectivity index (χ0n) is 15.3. The number of hydrogen-bond donors (Lipinski definition) is 2. The molecule has 144 valence electrons. The maximum absolute atomic E-state index is 6.17. The van der Waals surface area contributed by atoms with Gasteiger partial charge in [0.1, 0.15) is 6.61 Å². The van der Waals surface area contributed by atoms with Crippen LogP contribution in [0.1, 0.15) is 11.1 Å². The Morgan fingerprint density at radius 1 is 1.15 bits per heavy atom. The van der Waals surface area contributed by atoms with Gasteiger partial charge in [-0.05, 0) is 29.3 Å². The smallest absolute Gasteiger partial charge is 0.191 e. The summed E-state index contributed by atoms with van der Waals surface area (Å²) in [6, 6.07) is 13.4. The van der Waals surface area contributed by atoms with Gasteiger partial charge in [0.15, 0.2) is 17.5 Å². The summed E-state index contributed by atoms with van der Waals surface area (Å²) < 4.78 is 10.8. The lowest BCUT2D eigenvalue weighted by Crippen LogP contribution is -2.36. The second-order valence-corrected chi connectivity index (χ2v) is 5.76. The topological polar surface area (TPSA) is 54.9 Å². The maximum Gasteiger partial charge on any atom is 0.191 e. The summed E-state index contributed by atoms with van der Waals surface area (Å²) in [5, 5.41) is 7.22. The standard InChI is InChI=1S/C20H22ClN3O2.HI/c1-4-11-26-19-12-15(9-10-18(19)25-3)13-23-20(22-2)24-14-16-7-5-6-8-17(16)21;/h1,5-10,12H,11,13-14H2,2-3H3,(H2,22,23,24);1H. The first-order valence-electron chi connectivity index (χ1n) is 8.09. The molecule has 0 radical (unpaired) electrons. The fraction of sp³-hybridized carbons (Fsp3) is 0.250. The van der Waals surface area contributed by atoms with Crippen molar-refractivity contribution in [3.8, 4) is 23.8 Å². The molecular formula is C20H23ClIN3O2. The van der Waals surface area contributed by atoms with Gasteiger partial charge < -0.3 is 20.1 Å². The molecule has 0 heterocycles. The second kappa shape index (κ2) is 12.3. The van der Waals surface area contributed by atoms with Crippen LogP contribution in [-0.2, 0) is 13.1 Å². The average Bonchev–Trinajstić information content (AvgIpc) is 2.67. The van der Waals surface area contributed by atoms with Gasteiger partial charge in [-0.3, -0.25) is 4.99 Å². The minimum absolute atomic E-state index is 0. The Hall–Kier alpha value is -2.11. The number of rotatable bonds is 7. The number of guanidine groups is 1. The van der Waals surface area contributed by atoms with E-state index in [1.165, 1.54) is 0 Å². The van der Waals surface area contributed by atoms with Crippen LogP contribution < -0.4 is 20.1 Å². The van der Waals surface area contributed by atoms with Crippen LogP contribution in [0.4, 0.5) is 0 Å². The molecule has 2 aromatic carbocycles. The first kappa shape index (κ1) is 22.9. The number of terminal acetylenes is 1. The lowest BCUT2D eigenvalue weighted by molar-refractivity contribution is 0.330. The third-order valence-electron chi connectivity index (χ3n) is 3.63. The van der Waals surface area contributed by atoms with Gasteiger partial charge in [0.25, 0.3) is 0 Å². The molecule has 2 aromatic rings. The van der Waals surface area contributed by atoms with Gasteiger partial charge in [0.2, 0.25) is 0 Å². The summed E-state index contributed by atoms with van der Waals surface area (Å²) >= 11 is 6.17. The largest absolute Gasteiger partial charge is 0.493 e. The molecule has 0 fully saturated rings. The Labute approximate surface area is 182 Å². The van der Waals surface area contributed by atoms with Crippen molar-refractivity contribution in [3.63, 3.8) is 0 Å². The summed E-state index contributed by atoms with van der Waals surface area (Å²) in [7, 11) is 3.31. The molecule has 0 aromatic heterocycles. The van der Waals surface area contributed by atoms with Crippen molar-refractivity contribution < 1.29 is 9.47 Å². The lowest BCUT2D eigenvalue weighted by Gasteiger charge is -2.14. The molecule has 0 saturated carbocycles. The summed E-state index contributed by atoms with van der Waals surface area (Å²) in [5.74, 6) is 4.38. The van der Waals surface area contributed by atoms with Gasteiger partial charge in [0.05, 0.1) is 7.11 Å². The van der Waals surface area contributed by atoms with Gasteiger partial charge in [-0.15, -0.1) is 30.4 Å². The van der Waals surface area contributed by atoms with Crippen molar-refractivity contribution in [2.45, 2.75) is 13.1 Å². The van der Waals surface area contributed by atoms with Crippen LogP contribution >= 0.6 is 35.6 Å². The number of hydrogen-bond acceptors (Lipinski definition) is 3. The van der Waals surface area contributed by atoms with Crippen LogP contribution in [0.15, 0.2) is 47.5 Å². The highest BCUT2D eigenvalue weighted by molar-refractivity contribution is 14.0. The van der Waals surface area contributed by atoms with Crippen LogP contribution in [0.5, 0.6) is 11.5 Å². The van der Waals surface area contributed by atoms with E-state index in [2.05, 4.69) is 21.5 Å². The van der Waals surface area contributed by atoms with Gasteiger partial charge in [-0.25, -0.2) is 0 Å². The Kier molecular flexibility index (Phi) is 10.5. The summed E-state index contributed by atoms with van der Waals surface area (Å²) in [6.07, 6.45) is 5.25. The number of nitrogens with one attached hydrogen (secondary N) is 2. The molecule has 5 nitrogen and oxygen atoms in total. The molecule has 2 rings (SSSR count). The molecule has 2 N–H and O–H groups in total. The normalized spacial score (nSPS) is 10.4. The fourth-order valence-corrected chi connectivity index (χ4v) is 2.49. The van der Waals surface area contributed by atoms with Crippen molar-refractivity contribution in [3.05, 3.63) is 58.6 Å². The zero-order valence-corrected chi connectivity index (χ0v) is 18.4. The minimum atomic E-state index is 0. The van der Waals surface area contributed by atoms with Crippen LogP contribution in [-0.4, -0.2) is 26.7 Å². The molecular weight excluding hydrogens is 477 g/mol. The molecule has 7 heteroatoms. The van der Waals surface area contributed by atoms with Crippen LogP contribution in [0.25, 0.3) is 0 Å². The number of ether oxygens (including phenoxy) is 2. The Bertz CT molecular complexity index is 806. The minimum Gasteiger partial charge on any atom is -0.493 e. The highest BCUT2D eigenvalue weighted by Gasteiger charge is 2.07. The van der Waals surface area contributed by atoms with E-state index in [0.717, 1.165) is 16.1 Å². The van der Waals surface area contributed by atoms with Gasteiger partial charge in [-0.2, -0.15) is 0 Å².